The van der Waals surface area contributed by atoms with E-state index in [4.69, 9.17) is 9.47 Å². The monoisotopic (exact) mass is 496 g/mol. The minimum Gasteiger partial charge on any atom is -0.427 e. The fourth-order valence-electron chi connectivity index (χ4n) is 7.59. The molecule has 6 atom stereocenters. The Labute approximate surface area is 211 Å². The molecule has 3 aliphatic carbocycles. The van der Waals surface area contributed by atoms with Gasteiger partial charge in [0.1, 0.15) is 5.75 Å². The average molecular weight is 497 g/mol. The number of hydrogen-bond donors (Lipinski definition) is 1. The van der Waals surface area contributed by atoms with E-state index in [1.807, 2.05) is 20.1 Å². The number of fused-ring (bicyclic) bond motifs is 5. The standard InChI is InChI=1S/C28H36N2O4S/c1-16-15-29-27(35-16)30-25(32)10-6-19-14-24(33-4)28(3)12-11-22-21-9-7-20(34-17(2)31)13-18(21)5-8-23(22)26(19)28/h7,9,13,15,19,22-24,26H,5-6,8,10-12,14H2,1-4H3,(H,29,30,32)/t19?,22?,23?,24-,26?,28+/m0/s1. The maximum Gasteiger partial charge on any atom is 0.308 e. The van der Waals surface area contributed by atoms with Crippen molar-refractivity contribution in [3.63, 3.8) is 0 Å². The van der Waals surface area contributed by atoms with Gasteiger partial charge < -0.3 is 14.8 Å². The number of amides is 1. The molecular formula is C28H36N2O4S. The molecule has 35 heavy (non-hydrogen) atoms. The first kappa shape index (κ1) is 24.4. The van der Waals surface area contributed by atoms with E-state index in [2.05, 4.69) is 29.4 Å². The zero-order valence-electron chi connectivity index (χ0n) is 21.1. The molecule has 1 aromatic heterocycles. The van der Waals surface area contributed by atoms with E-state index >= 15 is 0 Å². The number of thiazole rings is 1. The molecule has 6 nitrogen and oxygen atoms in total. The smallest absolute Gasteiger partial charge is 0.308 e. The molecule has 2 aromatic rings. The van der Waals surface area contributed by atoms with Crippen molar-refractivity contribution in [3.8, 4) is 5.75 Å². The highest BCUT2D eigenvalue weighted by Crippen LogP contribution is 2.64. The van der Waals surface area contributed by atoms with Crippen LogP contribution >= 0.6 is 11.3 Å². The fraction of sp³-hybridized carbons (Fsp3) is 0.607. The van der Waals surface area contributed by atoms with Crippen molar-refractivity contribution in [1.29, 1.82) is 0 Å². The van der Waals surface area contributed by atoms with Crippen molar-refractivity contribution in [1.82, 2.24) is 4.98 Å². The lowest BCUT2D eigenvalue weighted by atomic mass is 9.53. The molecule has 4 unspecified atom stereocenters. The second-order valence-corrected chi connectivity index (χ2v) is 12.2. The van der Waals surface area contributed by atoms with Crippen molar-refractivity contribution in [2.45, 2.75) is 77.7 Å². The summed E-state index contributed by atoms with van der Waals surface area (Å²) in [6.45, 7) is 5.87. The van der Waals surface area contributed by atoms with Gasteiger partial charge in [0.15, 0.2) is 5.13 Å². The largest absolute Gasteiger partial charge is 0.427 e. The maximum absolute atomic E-state index is 12.7. The number of aromatic nitrogens is 1. The number of methoxy groups -OCH3 is 1. The van der Waals surface area contributed by atoms with Crippen LogP contribution in [0.5, 0.6) is 5.75 Å². The summed E-state index contributed by atoms with van der Waals surface area (Å²) in [6.07, 6.45) is 8.93. The third-order valence-corrected chi connectivity index (χ3v) is 9.74. The zero-order valence-corrected chi connectivity index (χ0v) is 22.0. The molecule has 1 heterocycles. The average Bonchev–Trinajstić information content (AvgIpc) is 3.36. The summed E-state index contributed by atoms with van der Waals surface area (Å²) in [7, 11) is 1.85. The lowest BCUT2D eigenvalue weighted by Gasteiger charge is -2.52. The molecule has 2 fully saturated rings. The van der Waals surface area contributed by atoms with Gasteiger partial charge in [-0.25, -0.2) is 4.98 Å². The highest BCUT2D eigenvalue weighted by Gasteiger charge is 2.58. The number of nitrogens with zero attached hydrogens (tertiary/aromatic N) is 1. The lowest BCUT2D eigenvalue weighted by Crippen LogP contribution is -2.45. The molecule has 188 valence electrons. The molecule has 0 aliphatic heterocycles. The first-order valence-corrected chi connectivity index (χ1v) is 13.7. The normalized spacial score (nSPS) is 31.3. The second kappa shape index (κ2) is 9.66. The minimum atomic E-state index is -0.277. The highest BCUT2D eigenvalue weighted by atomic mass is 32.1. The first-order chi connectivity index (χ1) is 16.8. The predicted molar refractivity (Wildman–Crippen MR) is 137 cm³/mol. The Hall–Kier alpha value is -2.25. The molecule has 1 N–H and O–H groups in total. The summed E-state index contributed by atoms with van der Waals surface area (Å²) in [5.74, 6) is 2.56. The summed E-state index contributed by atoms with van der Waals surface area (Å²) in [5, 5.41) is 3.67. The topological polar surface area (TPSA) is 77.5 Å². The van der Waals surface area contributed by atoms with Crippen LogP contribution in [0.2, 0.25) is 0 Å². The van der Waals surface area contributed by atoms with Crippen molar-refractivity contribution in [2.24, 2.45) is 23.2 Å². The van der Waals surface area contributed by atoms with Crippen LogP contribution in [0, 0.1) is 30.1 Å². The van der Waals surface area contributed by atoms with Crippen LogP contribution in [0.25, 0.3) is 0 Å². The van der Waals surface area contributed by atoms with Gasteiger partial charge >= 0.3 is 5.97 Å². The Morgan fingerprint density at radius 1 is 1.29 bits per heavy atom. The molecule has 2 saturated carbocycles. The van der Waals surface area contributed by atoms with Gasteiger partial charge in [-0.05, 0) is 97.8 Å². The Morgan fingerprint density at radius 3 is 2.83 bits per heavy atom. The quantitative estimate of drug-likeness (QED) is 0.398. The highest BCUT2D eigenvalue weighted by molar-refractivity contribution is 7.15. The molecular weight excluding hydrogens is 460 g/mol. The van der Waals surface area contributed by atoms with Crippen molar-refractivity contribution < 1.29 is 19.1 Å². The fourth-order valence-corrected chi connectivity index (χ4v) is 8.27. The molecule has 5 rings (SSSR count). The van der Waals surface area contributed by atoms with E-state index in [1.54, 1.807) is 6.20 Å². The van der Waals surface area contributed by atoms with Crippen LogP contribution in [-0.2, 0) is 20.7 Å². The number of nitrogens with one attached hydrogen (secondary N) is 1. The van der Waals surface area contributed by atoms with Crippen LogP contribution in [-0.4, -0.2) is 30.1 Å². The number of ether oxygens (including phenoxy) is 2. The maximum atomic E-state index is 12.7. The number of carbonyl (C=O) groups excluding carboxylic acids is 2. The van der Waals surface area contributed by atoms with E-state index in [0.717, 1.165) is 43.4 Å². The van der Waals surface area contributed by atoms with Gasteiger partial charge in [0.25, 0.3) is 0 Å². The van der Waals surface area contributed by atoms with E-state index < -0.39 is 0 Å². The molecule has 0 bridgehead atoms. The van der Waals surface area contributed by atoms with Gasteiger partial charge in [0.05, 0.1) is 6.10 Å². The van der Waals surface area contributed by atoms with Gasteiger partial charge in [-0.2, -0.15) is 0 Å². The van der Waals surface area contributed by atoms with Crippen LogP contribution in [0.4, 0.5) is 5.13 Å². The second-order valence-electron chi connectivity index (χ2n) is 10.9. The third kappa shape index (κ3) is 4.65. The number of esters is 1. The third-order valence-electron chi connectivity index (χ3n) is 8.91. The Balaban J connectivity index is 1.34. The molecule has 1 aromatic carbocycles. The lowest BCUT2D eigenvalue weighted by molar-refractivity contribution is -0.131. The van der Waals surface area contributed by atoms with E-state index in [9.17, 15) is 9.59 Å². The molecule has 3 aliphatic rings. The molecule has 0 saturated heterocycles. The van der Waals surface area contributed by atoms with Gasteiger partial charge in [-0.1, -0.05) is 13.0 Å². The Bertz CT molecular complexity index is 1110. The van der Waals surface area contributed by atoms with E-state index in [0.29, 0.717) is 41.0 Å². The Kier molecular flexibility index (Phi) is 6.75. The number of aryl methyl sites for hydroxylation is 2. The van der Waals surface area contributed by atoms with Crippen LogP contribution in [0.3, 0.4) is 0 Å². The molecule has 0 spiro atoms. The SMILES string of the molecule is CO[C@H]1CC(CCC(=O)Nc2ncc(C)s2)C2C3CCc4cc(OC(C)=O)ccc4C3CC[C@@]21C. The van der Waals surface area contributed by atoms with Gasteiger partial charge in [0.2, 0.25) is 5.91 Å². The van der Waals surface area contributed by atoms with Crippen LogP contribution in [0.1, 0.15) is 74.3 Å². The van der Waals surface area contributed by atoms with Crippen molar-refractivity contribution in [3.05, 3.63) is 40.4 Å². The summed E-state index contributed by atoms with van der Waals surface area (Å²) in [5.41, 5.74) is 2.90. The van der Waals surface area contributed by atoms with E-state index in [1.165, 1.54) is 29.4 Å². The summed E-state index contributed by atoms with van der Waals surface area (Å²) in [4.78, 5) is 29.5. The Morgan fingerprint density at radius 2 is 2.11 bits per heavy atom. The molecule has 0 radical (unpaired) electrons. The van der Waals surface area contributed by atoms with Gasteiger partial charge in [0, 0.05) is 31.5 Å². The van der Waals surface area contributed by atoms with Gasteiger partial charge in [-0.15, -0.1) is 11.3 Å². The summed E-state index contributed by atoms with van der Waals surface area (Å²) in [6, 6.07) is 6.20. The molecule has 7 heteroatoms. The van der Waals surface area contributed by atoms with Crippen molar-refractivity contribution in [2.75, 3.05) is 12.4 Å². The molecule has 1 amide bonds. The number of anilines is 1. The first-order valence-electron chi connectivity index (χ1n) is 12.8. The zero-order chi connectivity index (χ0) is 24.7. The van der Waals surface area contributed by atoms with Crippen LogP contribution < -0.4 is 10.1 Å². The number of rotatable bonds is 6. The number of hydrogen-bond acceptors (Lipinski definition) is 6. The van der Waals surface area contributed by atoms with Crippen LogP contribution in [0.15, 0.2) is 24.4 Å². The van der Waals surface area contributed by atoms with Gasteiger partial charge in [-0.3, -0.25) is 9.59 Å². The predicted octanol–water partition coefficient (Wildman–Crippen LogP) is 5.89. The van der Waals surface area contributed by atoms with Crippen molar-refractivity contribution >= 4 is 28.3 Å². The van der Waals surface area contributed by atoms with E-state index in [-0.39, 0.29) is 23.4 Å². The summed E-state index contributed by atoms with van der Waals surface area (Å²) < 4.78 is 11.4. The minimum absolute atomic E-state index is 0.0567. The number of carbonyl (C=O) groups is 2. The summed E-state index contributed by atoms with van der Waals surface area (Å²) >= 11 is 1.52. The number of benzene rings is 1.